The lowest BCUT2D eigenvalue weighted by Gasteiger charge is -2.09. The number of aliphatic carboxylic acids is 1. The van der Waals surface area contributed by atoms with Crippen LogP contribution < -0.4 is 0 Å². The minimum absolute atomic E-state index is 0.0701. The van der Waals surface area contributed by atoms with E-state index in [9.17, 15) is 14.4 Å². The highest BCUT2D eigenvalue weighted by Crippen LogP contribution is 2.24. The molecule has 0 amide bonds. The Kier molecular flexibility index (Phi) is 5.18. The number of rotatable bonds is 6. The summed E-state index contributed by atoms with van der Waals surface area (Å²) in [6.07, 6.45) is 0.173. The molecule has 0 unspecified atom stereocenters. The van der Waals surface area contributed by atoms with Gasteiger partial charge in [0.05, 0.1) is 18.2 Å². The van der Waals surface area contributed by atoms with Gasteiger partial charge in [-0.2, -0.15) is 0 Å². The first-order valence-corrected chi connectivity index (χ1v) is 7.48. The van der Waals surface area contributed by atoms with E-state index < -0.39 is 11.9 Å². The molecule has 6 nitrogen and oxygen atoms in total. The molecule has 0 fully saturated rings. The van der Waals surface area contributed by atoms with Gasteiger partial charge in [-0.25, -0.2) is 4.79 Å². The van der Waals surface area contributed by atoms with Crippen molar-refractivity contribution in [2.45, 2.75) is 26.7 Å². The van der Waals surface area contributed by atoms with Gasteiger partial charge in [0.2, 0.25) is 0 Å². The second kappa shape index (κ2) is 7.12. The predicted octanol–water partition coefficient (Wildman–Crippen LogP) is 2.67. The van der Waals surface area contributed by atoms with E-state index in [1.54, 1.807) is 38.1 Å². The smallest absolute Gasteiger partial charge is 0.340 e. The van der Waals surface area contributed by atoms with Gasteiger partial charge in [0.15, 0.2) is 5.78 Å². The van der Waals surface area contributed by atoms with Crippen molar-refractivity contribution in [1.82, 2.24) is 4.98 Å². The van der Waals surface area contributed by atoms with Crippen molar-refractivity contribution in [2.24, 2.45) is 0 Å². The lowest BCUT2D eigenvalue weighted by Crippen LogP contribution is -2.13. The van der Waals surface area contributed by atoms with Crippen molar-refractivity contribution in [2.75, 3.05) is 7.11 Å². The summed E-state index contributed by atoms with van der Waals surface area (Å²) in [5, 5.41) is 8.87. The lowest BCUT2D eigenvalue weighted by molar-refractivity contribution is -0.136. The van der Waals surface area contributed by atoms with Crippen LogP contribution in [0.25, 0.3) is 0 Å². The van der Waals surface area contributed by atoms with E-state index in [4.69, 9.17) is 9.84 Å². The van der Waals surface area contributed by atoms with Gasteiger partial charge in [-0.15, -0.1) is 0 Å². The fourth-order valence-electron chi connectivity index (χ4n) is 2.76. The topological polar surface area (TPSA) is 96.5 Å². The number of ketones is 1. The molecule has 0 saturated carbocycles. The maximum atomic E-state index is 13.0. The van der Waals surface area contributed by atoms with Crippen molar-refractivity contribution in [1.29, 1.82) is 0 Å². The molecule has 0 aliphatic rings. The number of methoxy groups -OCH3 is 1. The molecule has 2 aromatic rings. The van der Waals surface area contributed by atoms with Gasteiger partial charge in [0.1, 0.15) is 0 Å². The monoisotopic (exact) mass is 329 g/mol. The lowest BCUT2D eigenvalue weighted by atomic mass is 9.93. The van der Waals surface area contributed by atoms with E-state index in [-0.39, 0.29) is 29.8 Å². The summed E-state index contributed by atoms with van der Waals surface area (Å²) in [7, 11) is 1.26. The second-order valence-electron chi connectivity index (χ2n) is 5.50. The van der Waals surface area contributed by atoms with Gasteiger partial charge in [0.25, 0.3) is 0 Å². The highest BCUT2D eigenvalue weighted by Gasteiger charge is 2.26. The van der Waals surface area contributed by atoms with Crippen LogP contribution in [0.2, 0.25) is 0 Å². The molecular formula is C18H19NO5. The molecule has 0 saturated heterocycles. The zero-order valence-electron chi connectivity index (χ0n) is 13.8. The summed E-state index contributed by atoms with van der Waals surface area (Å²) in [5.74, 6) is -1.83. The van der Waals surface area contributed by atoms with E-state index in [0.29, 0.717) is 22.5 Å². The molecule has 0 atom stereocenters. The van der Waals surface area contributed by atoms with Crippen LogP contribution in [0.1, 0.15) is 49.7 Å². The molecule has 2 N–H and O–H groups in total. The standard InChI is InChI=1S/C18H19NO5/c1-10-15(16(11(2)19-10)18(23)24-3)17(22)13-7-5-4-6-12(13)8-9-14(20)21/h4-7,19H,8-9H2,1-3H3,(H,20,21). The molecular weight excluding hydrogens is 310 g/mol. The minimum Gasteiger partial charge on any atom is -0.481 e. The third kappa shape index (κ3) is 3.37. The van der Waals surface area contributed by atoms with Crippen molar-refractivity contribution >= 4 is 17.7 Å². The number of carboxylic acids is 1. The van der Waals surface area contributed by atoms with E-state index in [2.05, 4.69) is 4.98 Å². The van der Waals surface area contributed by atoms with Gasteiger partial charge in [-0.1, -0.05) is 24.3 Å². The Morgan fingerprint density at radius 3 is 2.33 bits per heavy atom. The summed E-state index contributed by atoms with van der Waals surface area (Å²) < 4.78 is 4.78. The number of hydrogen-bond acceptors (Lipinski definition) is 4. The largest absolute Gasteiger partial charge is 0.481 e. The maximum Gasteiger partial charge on any atom is 0.340 e. The van der Waals surface area contributed by atoms with Gasteiger partial charge >= 0.3 is 11.9 Å². The van der Waals surface area contributed by atoms with Gasteiger partial charge in [-0.3, -0.25) is 9.59 Å². The zero-order valence-corrected chi connectivity index (χ0v) is 13.8. The van der Waals surface area contributed by atoms with Crippen LogP contribution in [-0.4, -0.2) is 34.9 Å². The number of ether oxygens (including phenoxy) is 1. The molecule has 1 aromatic carbocycles. The van der Waals surface area contributed by atoms with E-state index in [1.165, 1.54) is 7.11 Å². The Morgan fingerprint density at radius 2 is 1.71 bits per heavy atom. The average Bonchev–Trinajstić information content (AvgIpc) is 2.86. The number of aryl methyl sites for hydroxylation is 3. The molecule has 1 heterocycles. The fourth-order valence-corrected chi connectivity index (χ4v) is 2.76. The molecule has 0 bridgehead atoms. The number of carbonyl (C=O) groups is 3. The first-order valence-electron chi connectivity index (χ1n) is 7.48. The quantitative estimate of drug-likeness (QED) is 0.627. The number of nitrogens with one attached hydrogen (secondary N) is 1. The number of H-pyrrole nitrogens is 1. The molecule has 1 aromatic heterocycles. The highest BCUT2D eigenvalue weighted by molar-refractivity contribution is 6.16. The number of hydrogen-bond donors (Lipinski definition) is 2. The summed E-state index contributed by atoms with van der Waals surface area (Å²) in [5.41, 5.74) is 2.65. The van der Waals surface area contributed by atoms with Crippen LogP contribution in [0.3, 0.4) is 0 Å². The van der Waals surface area contributed by atoms with Gasteiger partial charge in [-0.05, 0) is 25.8 Å². The third-order valence-electron chi connectivity index (χ3n) is 3.86. The van der Waals surface area contributed by atoms with Crippen LogP contribution in [-0.2, 0) is 16.0 Å². The molecule has 126 valence electrons. The summed E-state index contributed by atoms with van der Waals surface area (Å²) in [6, 6.07) is 6.83. The van der Waals surface area contributed by atoms with Crippen molar-refractivity contribution in [3.8, 4) is 0 Å². The molecule has 0 radical (unpaired) electrons. The number of carboxylic acid groups (broad SMARTS) is 1. The van der Waals surface area contributed by atoms with E-state index in [0.717, 1.165) is 0 Å². The second-order valence-corrected chi connectivity index (χ2v) is 5.50. The Bertz CT molecular complexity index is 804. The van der Waals surface area contributed by atoms with Crippen LogP contribution in [0.5, 0.6) is 0 Å². The molecule has 6 heteroatoms. The fraction of sp³-hybridized carbons (Fsp3) is 0.278. The molecule has 0 aliphatic heterocycles. The van der Waals surface area contributed by atoms with Crippen molar-refractivity contribution < 1.29 is 24.2 Å². The van der Waals surface area contributed by atoms with Crippen LogP contribution in [0.15, 0.2) is 24.3 Å². The van der Waals surface area contributed by atoms with Crippen molar-refractivity contribution in [3.63, 3.8) is 0 Å². The number of aromatic amines is 1. The first kappa shape index (κ1) is 17.5. The van der Waals surface area contributed by atoms with Gasteiger partial charge in [0, 0.05) is 23.4 Å². The predicted molar refractivity (Wildman–Crippen MR) is 87.4 cm³/mol. The minimum atomic E-state index is -0.929. The summed E-state index contributed by atoms with van der Waals surface area (Å²) in [4.78, 5) is 38.9. The number of aromatic nitrogens is 1. The van der Waals surface area contributed by atoms with Gasteiger partial charge < -0.3 is 14.8 Å². The van der Waals surface area contributed by atoms with E-state index in [1.807, 2.05) is 0 Å². The molecule has 24 heavy (non-hydrogen) atoms. The molecule has 0 spiro atoms. The summed E-state index contributed by atoms with van der Waals surface area (Å²) in [6.45, 7) is 3.42. The molecule has 0 aliphatic carbocycles. The summed E-state index contributed by atoms with van der Waals surface area (Å²) >= 11 is 0. The number of esters is 1. The maximum absolute atomic E-state index is 13.0. The Hall–Kier alpha value is -2.89. The molecule has 2 rings (SSSR count). The SMILES string of the molecule is COC(=O)c1c(C)[nH]c(C)c1C(=O)c1ccccc1CCC(=O)O. The highest BCUT2D eigenvalue weighted by atomic mass is 16.5. The van der Waals surface area contributed by atoms with E-state index >= 15 is 0 Å². The Balaban J connectivity index is 2.51. The normalized spacial score (nSPS) is 10.5. The van der Waals surface area contributed by atoms with Crippen LogP contribution in [0.4, 0.5) is 0 Å². The van der Waals surface area contributed by atoms with Crippen LogP contribution in [0, 0.1) is 13.8 Å². The number of carbonyl (C=O) groups excluding carboxylic acids is 2. The first-order chi connectivity index (χ1) is 11.4. The Morgan fingerprint density at radius 1 is 1.08 bits per heavy atom. The number of benzene rings is 1. The zero-order chi connectivity index (χ0) is 17.9. The average molecular weight is 329 g/mol. The van der Waals surface area contributed by atoms with Crippen molar-refractivity contribution in [3.05, 3.63) is 57.9 Å². The third-order valence-corrected chi connectivity index (χ3v) is 3.86. The van der Waals surface area contributed by atoms with Crippen LogP contribution >= 0.6 is 0 Å². The Labute approximate surface area is 139 Å².